The van der Waals surface area contributed by atoms with Gasteiger partial charge in [0, 0.05) is 10.6 Å². The number of carbonyl (C=O) groups excluding carboxylic acids is 1. The van der Waals surface area contributed by atoms with E-state index in [1.54, 1.807) is 25.1 Å². The molecule has 0 saturated heterocycles. The molecule has 3 rings (SSSR count). The van der Waals surface area contributed by atoms with Gasteiger partial charge in [0.25, 0.3) is 0 Å². The zero-order valence-electron chi connectivity index (χ0n) is 15.6. The minimum atomic E-state index is -0.879. The van der Waals surface area contributed by atoms with Gasteiger partial charge in [-0.15, -0.1) is 0 Å². The van der Waals surface area contributed by atoms with Gasteiger partial charge in [-0.05, 0) is 32.0 Å². The van der Waals surface area contributed by atoms with Crippen molar-refractivity contribution >= 4 is 23.2 Å². The van der Waals surface area contributed by atoms with Gasteiger partial charge in [-0.3, -0.25) is 4.79 Å². The third-order valence-electron chi connectivity index (χ3n) is 4.23. The Morgan fingerprint density at radius 1 is 1.21 bits per heavy atom. The van der Waals surface area contributed by atoms with E-state index in [4.69, 9.17) is 16.3 Å². The quantitative estimate of drug-likeness (QED) is 0.711. The molecule has 3 aromatic rings. The summed E-state index contributed by atoms with van der Waals surface area (Å²) in [6.07, 6.45) is 1.47. The molecule has 0 saturated carbocycles. The number of nitrogens with zero attached hydrogens (tertiary/aromatic N) is 3. The molecule has 0 unspecified atom stereocenters. The van der Waals surface area contributed by atoms with Gasteiger partial charge < -0.3 is 10.1 Å². The zero-order valence-corrected chi connectivity index (χ0v) is 16.4. The first-order valence-electron chi connectivity index (χ1n) is 8.56. The molecule has 0 radical (unpaired) electrons. The predicted molar refractivity (Wildman–Crippen MR) is 108 cm³/mol. The average Bonchev–Trinajstić information content (AvgIpc) is 2.68. The number of hydrogen-bond acceptors (Lipinski definition) is 5. The third-order valence-corrected chi connectivity index (χ3v) is 4.46. The lowest BCUT2D eigenvalue weighted by atomic mass is 10.1. The summed E-state index contributed by atoms with van der Waals surface area (Å²) < 4.78 is 6.25. The minimum absolute atomic E-state index is 0.407. The van der Waals surface area contributed by atoms with Crippen LogP contribution in [0.2, 0.25) is 5.02 Å². The van der Waals surface area contributed by atoms with E-state index in [1.165, 1.54) is 13.3 Å². The highest BCUT2D eigenvalue weighted by atomic mass is 35.5. The molecule has 0 aliphatic rings. The number of methoxy groups -OCH3 is 1. The molecule has 0 aliphatic heterocycles. The Balaban J connectivity index is 1.83. The van der Waals surface area contributed by atoms with E-state index in [-0.39, 0.29) is 0 Å². The molecule has 1 N–H and O–H groups in total. The number of hydrogen-bond donors (Lipinski definition) is 1. The van der Waals surface area contributed by atoms with Crippen molar-refractivity contribution in [2.75, 3.05) is 12.4 Å². The van der Waals surface area contributed by atoms with Gasteiger partial charge in [0.15, 0.2) is 0 Å². The minimum Gasteiger partial charge on any atom is -0.495 e. The summed E-state index contributed by atoms with van der Waals surface area (Å²) in [7, 11) is 1.49. The van der Waals surface area contributed by atoms with E-state index in [2.05, 4.69) is 15.4 Å². The molecule has 1 aromatic heterocycles. The molecule has 2 aromatic carbocycles. The average molecular weight is 399 g/mol. The summed E-state index contributed by atoms with van der Waals surface area (Å²) >= 11 is 5.98. The van der Waals surface area contributed by atoms with Crippen LogP contribution in [0.25, 0.3) is 11.3 Å². The van der Waals surface area contributed by atoms with Crippen molar-refractivity contribution < 1.29 is 9.53 Å². The number of aryl methyl sites for hydroxylation is 1. The van der Waals surface area contributed by atoms with Crippen LogP contribution in [-0.4, -0.2) is 27.8 Å². The molecule has 8 heteroatoms. The van der Waals surface area contributed by atoms with Gasteiger partial charge >= 0.3 is 5.69 Å². The van der Waals surface area contributed by atoms with Crippen LogP contribution in [0.15, 0.2) is 53.5 Å². The Bertz CT molecular complexity index is 1060. The van der Waals surface area contributed by atoms with E-state index in [9.17, 15) is 9.59 Å². The Labute approximate surface area is 166 Å². The highest BCUT2D eigenvalue weighted by molar-refractivity contribution is 6.31. The Morgan fingerprint density at radius 2 is 1.93 bits per heavy atom. The van der Waals surface area contributed by atoms with Gasteiger partial charge in [-0.1, -0.05) is 41.4 Å². The van der Waals surface area contributed by atoms with Gasteiger partial charge in [0.05, 0.1) is 24.7 Å². The summed E-state index contributed by atoms with van der Waals surface area (Å²) in [5.74, 6) is 0.0122. The van der Waals surface area contributed by atoms with Crippen LogP contribution < -0.4 is 15.7 Å². The second-order valence-electron chi connectivity index (χ2n) is 6.24. The fourth-order valence-electron chi connectivity index (χ4n) is 2.60. The van der Waals surface area contributed by atoms with Crippen molar-refractivity contribution in [2.45, 2.75) is 19.9 Å². The number of amides is 1. The van der Waals surface area contributed by atoms with E-state index in [1.807, 2.05) is 31.2 Å². The van der Waals surface area contributed by atoms with Gasteiger partial charge in [-0.25, -0.2) is 9.48 Å². The second-order valence-corrected chi connectivity index (χ2v) is 6.68. The largest absolute Gasteiger partial charge is 0.495 e. The normalized spacial score (nSPS) is 11.7. The zero-order chi connectivity index (χ0) is 20.3. The van der Waals surface area contributed by atoms with Crippen LogP contribution in [0.4, 0.5) is 5.69 Å². The topological polar surface area (TPSA) is 86.1 Å². The van der Waals surface area contributed by atoms with Gasteiger partial charge in [0.1, 0.15) is 11.8 Å². The first-order chi connectivity index (χ1) is 13.4. The lowest BCUT2D eigenvalue weighted by Crippen LogP contribution is -2.34. The molecular weight excluding hydrogens is 380 g/mol. The maximum Gasteiger partial charge on any atom is 0.365 e. The molecule has 1 heterocycles. The second kappa shape index (κ2) is 8.22. The third kappa shape index (κ3) is 4.20. The van der Waals surface area contributed by atoms with E-state index in [0.717, 1.165) is 15.8 Å². The van der Waals surface area contributed by atoms with E-state index >= 15 is 0 Å². The molecule has 0 spiro atoms. The van der Waals surface area contributed by atoms with Crippen LogP contribution in [-0.2, 0) is 4.79 Å². The number of nitrogens with one attached hydrogen (secondary N) is 1. The van der Waals surface area contributed by atoms with Crippen molar-refractivity contribution in [3.8, 4) is 17.0 Å². The number of aromatic nitrogens is 3. The monoisotopic (exact) mass is 398 g/mol. The maximum absolute atomic E-state index is 12.6. The van der Waals surface area contributed by atoms with Crippen molar-refractivity contribution in [3.05, 3.63) is 69.7 Å². The van der Waals surface area contributed by atoms with Crippen LogP contribution in [0.3, 0.4) is 0 Å². The van der Waals surface area contributed by atoms with Gasteiger partial charge in [-0.2, -0.15) is 10.1 Å². The molecule has 1 amide bonds. The van der Waals surface area contributed by atoms with Crippen molar-refractivity contribution in [1.29, 1.82) is 0 Å². The Kier molecular flexibility index (Phi) is 5.75. The van der Waals surface area contributed by atoms with Crippen LogP contribution in [0, 0.1) is 6.92 Å². The van der Waals surface area contributed by atoms with Crippen LogP contribution in [0.1, 0.15) is 18.5 Å². The highest BCUT2D eigenvalue weighted by Crippen LogP contribution is 2.28. The standard InChI is InChI=1S/C20H19ClN4O3/c1-12-4-6-14(7-5-12)17-11-22-25(20(27)24-17)13(2)19(26)23-16-10-15(21)8-9-18(16)28-3/h4-11,13H,1-3H3,(H,23,26)/t13-/m1/s1. The fourth-order valence-corrected chi connectivity index (χ4v) is 2.78. The van der Waals surface area contributed by atoms with Crippen molar-refractivity contribution in [1.82, 2.24) is 14.8 Å². The van der Waals surface area contributed by atoms with Crippen LogP contribution >= 0.6 is 11.6 Å². The molecule has 0 aliphatic carbocycles. The molecule has 0 fully saturated rings. The number of ether oxygens (including phenoxy) is 1. The summed E-state index contributed by atoms with van der Waals surface area (Å²) in [6.45, 7) is 3.54. The summed E-state index contributed by atoms with van der Waals surface area (Å²) in [5, 5.41) is 7.28. The highest BCUT2D eigenvalue weighted by Gasteiger charge is 2.20. The predicted octanol–water partition coefficient (Wildman–Crippen LogP) is 3.48. The lowest BCUT2D eigenvalue weighted by Gasteiger charge is -2.15. The number of anilines is 1. The lowest BCUT2D eigenvalue weighted by molar-refractivity contribution is -0.119. The smallest absolute Gasteiger partial charge is 0.365 e. The number of carbonyl (C=O) groups is 1. The summed E-state index contributed by atoms with van der Waals surface area (Å²) in [4.78, 5) is 29.1. The number of halogens is 1. The van der Waals surface area contributed by atoms with Crippen LogP contribution in [0.5, 0.6) is 5.75 Å². The number of rotatable bonds is 5. The molecule has 1 atom stereocenters. The first-order valence-corrected chi connectivity index (χ1v) is 8.94. The van der Waals surface area contributed by atoms with Crippen molar-refractivity contribution in [2.24, 2.45) is 0 Å². The number of benzene rings is 2. The van der Waals surface area contributed by atoms with E-state index in [0.29, 0.717) is 22.2 Å². The first kappa shape index (κ1) is 19.6. The molecule has 0 bridgehead atoms. The maximum atomic E-state index is 12.6. The molecule has 28 heavy (non-hydrogen) atoms. The SMILES string of the molecule is COc1ccc(Cl)cc1NC(=O)[C@@H](C)n1ncc(-c2ccc(C)cc2)nc1=O. The molecule has 144 valence electrons. The van der Waals surface area contributed by atoms with E-state index < -0.39 is 17.6 Å². The Hall–Kier alpha value is -3.19. The fraction of sp³-hybridized carbons (Fsp3) is 0.200. The Morgan fingerprint density at radius 3 is 2.57 bits per heavy atom. The summed E-state index contributed by atoms with van der Waals surface area (Å²) in [6, 6.07) is 11.6. The van der Waals surface area contributed by atoms with Crippen molar-refractivity contribution in [3.63, 3.8) is 0 Å². The summed E-state index contributed by atoms with van der Waals surface area (Å²) in [5.41, 5.74) is 2.13. The van der Waals surface area contributed by atoms with Gasteiger partial charge in [0.2, 0.25) is 5.91 Å². The molecular formula is C20H19ClN4O3. The molecule has 7 nitrogen and oxygen atoms in total.